The Morgan fingerprint density at radius 3 is 2.32 bits per heavy atom. The molecular formula is C28H27N3O3. The lowest BCUT2D eigenvalue weighted by Gasteiger charge is -2.36. The van der Waals surface area contributed by atoms with Crippen LogP contribution in [0.3, 0.4) is 0 Å². The second-order valence-electron chi connectivity index (χ2n) is 8.44. The van der Waals surface area contributed by atoms with Crippen molar-refractivity contribution in [3.8, 4) is 16.9 Å². The number of phenolic OH excluding ortho intramolecular Hbond substituents is 1. The van der Waals surface area contributed by atoms with Gasteiger partial charge in [0.05, 0.1) is 29.6 Å². The lowest BCUT2D eigenvalue weighted by atomic mass is 9.93. The average molecular weight is 454 g/mol. The first kappa shape index (κ1) is 21.9. The minimum absolute atomic E-state index is 0.299. The maximum absolute atomic E-state index is 13.1. The SMILES string of the molecule is COC(=O)c1c(CN2CCN(c3ccccc3O)CC2)nc2ccccc2c1-c1ccccc1. The monoisotopic (exact) mass is 453 g/mol. The highest BCUT2D eigenvalue weighted by Crippen LogP contribution is 2.34. The van der Waals surface area contributed by atoms with Crippen LogP contribution in [-0.2, 0) is 11.3 Å². The first-order valence-corrected chi connectivity index (χ1v) is 11.5. The molecule has 2 heterocycles. The Hall–Kier alpha value is -3.90. The third kappa shape index (κ3) is 4.20. The molecule has 1 saturated heterocycles. The van der Waals surface area contributed by atoms with Crippen molar-refractivity contribution in [1.82, 2.24) is 9.88 Å². The van der Waals surface area contributed by atoms with Crippen molar-refractivity contribution in [2.75, 3.05) is 38.2 Å². The van der Waals surface area contributed by atoms with Crippen LogP contribution in [-0.4, -0.2) is 54.2 Å². The summed E-state index contributed by atoms with van der Waals surface area (Å²) >= 11 is 0. The lowest BCUT2D eigenvalue weighted by Crippen LogP contribution is -2.46. The van der Waals surface area contributed by atoms with Crippen molar-refractivity contribution in [2.24, 2.45) is 0 Å². The summed E-state index contributed by atoms with van der Waals surface area (Å²) in [5, 5.41) is 11.1. The molecule has 1 aliphatic rings. The number of aromatic hydroxyl groups is 1. The van der Waals surface area contributed by atoms with Crippen molar-refractivity contribution < 1.29 is 14.6 Å². The number of methoxy groups -OCH3 is 1. The minimum atomic E-state index is -0.375. The molecule has 0 saturated carbocycles. The van der Waals surface area contributed by atoms with E-state index < -0.39 is 0 Å². The van der Waals surface area contributed by atoms with Crippen LogP contribution < -0.4 is 4.90 Å². The summed E-state index contributed by atoms with van der Waals surface area (Å²) in [6.45, 7) is 3.70. The number of hydrogen-bond acceptors (Lipinski definition) is 6. The number of hydrogen-bond donors (Lipinski definition) is 1. The van der Waals surface area contributed by atoms with E-state index in [9.17, 15) is 9.90 Å². The van der Waals surface area contributed by atoms with Gasteiger partial charge in [0.1, 0.15) is 5.75 Å². The van der Waals surface area contributed by atoms with Crippen LogP contribution in [0.25, 0.3) is 22.0 Å². The fourth-order valence-corrected chi connectivity index (χ4v) is 4.69. The Morgan fingerprint density at radius 2 is 1.59 bits per heavy atom. The number of anilines is 1. The maximum Gasteiger partial charge on any atom is 0.340 e. The second kappa shape index (κ2) is 9.53. The van der Waals surface area contributed by atoms with Crippen molar-refractivity contribution in [3.63, 3.8) is 0 Å². The van der Waals surface area contributed by atoms with Gasteiger partial charge < -0.3 is 14.7 Å². The van der Waals surface area contributed by atoms with E-state index in [0.717, 1.165) is 59.6 Å². The van der Waals surface area contributed by atoms with Crippen molar-refractivity contribution in [2.45, 2.75) is 6.54 Å². The van der Waals surface area contributed by atoms with Gasteiger partial charge in [0.15, 0.2) is 0 Å². The van der Waals surface area contributed by atoms with Gasteiger partial charge in [-0.05, 0) is 23.8 Å². The van der Waals surface area contributed by atoms with Crippen LogP contribution in [0.5, 0.6) is 5.75 Å². The molecule has 34 heavy (non-hydrogen) atoms. The highest BCUT2D eigenvalue weighted by molar-refractivity contribution is 6.07. The van der Waals surface area contributed by atoms with Gasteiger partial charge in [0.25, 0.3) is 0 Å². The molecule has 6 nitrogen and oxygen atoms in total. The highest BCUT2D eigenvalue weighted by Gasteiger charge is 2.26. The number of esters is 1. The zero-order valence-corrected chi connectivity index (χ0v) is 19.1. The summed E-state index contributed by atoms with van der Waals surface area (Å²) < 4.78 is 5.23. The van der Waals surface area contributed by atoms with Crippen LogP contribution >= 0.6 is 0 Å². The van der Waals surface area contributed by atoms with Crippen LogP contribution in [0.4, 0.5) is 5.69 Å². The molecule has 4 aromatic rings. The summed E-state index contributed by atoms with van der Waals surface area (Å²) in [7, 11) is 1.42. The van der Waals surface area contributed by atoms with E-state index in [1.54, 1.807) is 6.07 Å². The van der Waals surface area contributed by atoms with E-state index in [4.69, 9.17) is 9.72 Å². The number of carbonyl (C=O) groups excluding carboxylic acids is 1. The van der Waals surface area contributed by atoms with E-state index in [1.807, 2.05) is 72.8 Å². The Kier molecular flexibility index (Phi) is 6.14. The number of phenols is 1. The van der Waals surface area contributed by atoms with Gasteiger partial charge in [-0.2, -0.15) is 0 Å². The van der Waals surface area contributed by atoms with Gasteiger partial charge in [0, 0.05) is 43.7 Å². The fraction of sp³-hybridized carbons (Fsp3) is 0.214. The highest BCUT2D eigenvalue weighted by atomic mass is 16.5. The summed E-state index contributed by atoms with van der Waals surface area (Å²) in [6.07, 6.45) is 0. The van der Waals surface area contributed by atoms with Crippen LogP contribution in [0.2, 0.25) is 0 Å². The molecule has 0 unspecified atom stereocenters. The zero-order valence-electron chi connectivity index (χ0n) is 19.1. The Balaban J connectivity index is 1.50. The predicted octanol–water partition coefficient (Wildman–Crippen LogP) is 4.72. The molecule has 1 aliphatic heterocycles. The summed E-state index contributed by atoms with van der Waals surface area (Å²) in [5.74, 6) is -0.0763. The van der Waals surface area contributed by atoms with Crippen molar-refractivity contribution >= 4 is 22.6 Å². The van der Waals surface area contributed by atoms with E-state index in [-0.39, 0.29) is 5.97 Å². The number of fused-ring (bicyclic) bond motifs is 1. The normalized spacial score (nSPS) is 14.3. The van der Waals surface area contributed by atoms with Gasteiger partial charge in [-0.1, -0.05) is 60.7 Å². The van der Waals surface area contributed by atoms with Crippen LogP contribution in [0.1, 0.15) is 16.1 Å². The number of pyridine rings is 1. The molecule has 0 aliphatic carbocycles. The van der Waals surface area contributed by atoms with Crippen molar-refractivity contribution in [3.05, 3.63) is 90.1 Å². The van der Waals surface area contributed by atoms with E-state index in [1.165, 1.54) is 7.11 Å². The number of rotatable bonds is 5. The van der Waals surface area contributed by atoms with Gasteiger partial charge >= 0.3 is 5.97 Å². The van der Waals surface area contributed by atoms with Gasteiger partial charge in [-0.25, -0.2) is 4.79 Å². The molecule has 0 bridgehead atoms. The Morgan fingerprint density at radius 1 is 0.912 bits per heavy atom. The van der Waals surface area contributed by atoms with E-state index in [2.05, 4.69) is 9.80 Å². The molecule has 1 N–H and O–H groups in total. The molecule has 6 heteroatoms. The zero-order chi connectivity index (χ0) is 23.5. The lowest BCUT2D eigenvalue weighted by molar-refractivity contribution is 0.0598. The molecule has 5 rings (SSSR count). The van der Waals surface area contributed by atoms with Crippen LogP contribution in [0, 0.1) is 0 Å². The molecular weight excluding hydrogens is 426 g/mol. The number of benzene rings is 3. The first-order valence-electron chi connectivity index (χ1n) is 11.5. The van der Waals surface area contributed by atoms with Gasteiger partial charge in [-0.3, -0.25) is 9.88 Å². The van der Waals surface area contributed by atoms with Crippen LogP contribution in [0.15, 0.2) is 78.9 Å². The van der Waals surface area contributed by atoms with E-state index >= 15 is 0 Å². The van der Waals surface area contributed by atoms with Crippen molar-refractivity contribution in [1.29, 1.82) is 0 Å². The number of nitrogens with zero attached hydrogens (tertiary/aromatic N) is 3. The average Bonchev–Trinajstić information content (AvgIpc) is 2.89. The smallest absolute Gasteiger partial charge is 0.340 e. The predicted molar refractivity (Wildman–Crippen MR) is 134 cm³/mol. The molecule has 1 fully saturated rings. The molecule has 172 valence electrons. The second-order valence-corrected chi connectivity index (χ2v) is 8.44. The van der Waals surface area contributed by atoms with Gasteiger partial charge in [-0.15, -0.1) is 0 Å². The third-order valence-corrected chi connectivity index (χ3v) is 6.39. The number of ether oxygens (including phenoxy) is 1. The summed E-state index contributed by atoms with van der Waals surface area (Å²) in [4.78, 5) is 22.5. The molecule has 0 amide bonds. The maximum atomic E-state index is 13.1. The molecule has 1 aromatic heterocycles. The van der Waals surface area contributed by atoms with Gasteiger partial charge in [0.2, 0.25) is 0 Å². The number of carbonyl (C=O) groups is 1. The third-order valence-electron chi connectivity index (χ3n) is 6.39. The van der Waals surface area contributed by atoms with E-state index in [0.29, 0.717) is 17.9 Å². The summed E-state index contributed by atoms with van der Waals surface area (Å²) in [5.41, 5.74) is 4.79. The molecule has 3 aromatic carbocycles. The Bertz CT molecular complexity index is 1320. The quantitative estimate of drug-likeness (QED) is 0.441. The number of aromatic nitrogens is 1. The summed E-state index contributed by atoms with van der Waals surface area (Å²) in [6, 6.07) is 25.3. The molecule has 0 atom stereocenters. The first-order chi connectivity index (χ1) is 16.7. The minimum Gasteiger partial charge on any atom is -0.506 e. The molecule has 0 radical (unpaired) electrons. The number of piperazine rings is 1. The number of para-hydroxylation sites is 3. The largest absolute Gasteiger partial charge is 0.506 e. The Labute approximate surface area is 199 Å². The topological polar surface area (TPSA) is 65.9 Å². The fourth-order valence-electron chi connectivity index (χ4n) is 4.69. The standard InChI is InChI=1S/C28H27N3O3/c1-34-28(33)27-23(19-30-15-17-31(18-16-30)24-13-7-8-14-25(24)32)29-22-12-6-5-11-21(22)26(27)20-9-3-2-4-10-20/h2-14,32H,15-19H2,1H3. The molecule has 0 spiro atoms.